The van der Waals surface area contributed by atoms with Crippen molar-refractivity contribution < 1.29 is 0 Å². The van der Waals surface area contributed by atoms with Crippen molar-refractivity contribution in [1.82, 2.24) is 4.57 Å². The number of para-hydroxylation sites is 2. The average molecular weight is 301 g/mol. The Bertz CT molecular complexity index is 820. The van der Waals surface area contributed by atoms with E-state index in [2.05, 4.69) is 72.3 Å². The van der Waals surface area contributed by atoms with Gasteiger partial charge in [-0.3, -0.25) is 0 Å². The summed E-state index contributed by atoms with van der Waals surface area (Å²) in [5.41, 5.74) is 4.59. The molecule has 0 amide bonds. The van der Waals surface area contributed by atoms with Gasteiger partial charge in [0.2, 0.25) is 0 Å². The van der Waals surface area contributed by atoms with Crippen molar-refractivity contribution in [2.24, 2.45) is 0 Å². The van der Waals surface area contributed by atoms with E-state index >= 15 is 0 Å². The molecule has 0 bridgehead atoms. The van der Waals surface area contributed by atoms with E-state index in [1.807, 2.05) is 32.1 Å². The van der Waals surface area contributed by atoms with Crippen LogP contribution in [0.4, 0.5) is 0 Å². The third-order valence-electron chi connectivity index (χ3n) is 3.56. The predicted molar refractivity (Wildman–Crippen MR) is 104 cm³/mol. The second-order valence-corrected chi connectivity index (χ2v) is 4.79. The Morgan fingerprint density at radius 3 is 2.17 bits per heavy atom. The van der Waals surface area contributed by atoms with E-state index < -0.39 is 0 Å². The van der Waals surface area contributed by atoms with Gasteiger partial charge < -0.3 is 4.57 Å². The van der Waals surface area contributed by atoms with Crippen LogP contribution in [-0.2, 0) is 0 Å². The fraction of sp³-hybridized carbons (Fsp3) is 0.0909. The molecule has 0 fully saturated rings. The Morgan fingerprint density at radius 2 is 1.52 bits per heavy atom. The third-order valence-corrected chi connectivity index (χ3v) is 3.56. The highest BCUT2D eigenvalue weighted by Gasteiger charge is 2.13. The molecule has 0 spiro atoms. The standard InChI is InChI=1S/C20H17N.C2H6/c1-3-5-13-17-18-14-9-10-15-20(18)21(19(17)4-2)16-11-7-6-8-12-16;1-2/h3-15H,1-2H2;1-2H3/b13-5-;. The Morgan fingerprint density at radius 1 is 0.870 bits per heavy atom. The van der Waals surface area contributed by atoms with E-state index in [9.17, 15) is 0 Å². The van der Waals surface area contributed by atoms with Crippen LogP contribution in [0.2, 0.25) is 0 Å². The first-order valence-corrected chi connectivity index (χ1v) is 7.97. The molecule has 0 aliphatic heterocycles. The lowest BCUT2D eigenvalue weighted by molar-refractivity contribution is 1.11. The zero-order valence-corrected chi connectivity index (χ0v) is 13.9. The normalized spacial score (nSPS) is 10.3. The molecule has 0 saturated heterocycles. The van der Waals surface area contributed by atoms with Crippen molar-refractivity contribution in [2.45, 2.75) is 13.8 Å². The molecular formula is C22H23N. The fourth-order valence-electron chi connectivity index (χ4n) is 2.68. The molecule has 1 heteroatoms. The highest BCUT2D eigenvalue weighted by atomic mass is 15.0. The third kappa shape index (κ3) is 3.19. The van der Waals surface area contributed by atoms with Crippen LogP contribution in [0, 0.1) is 0 Å². The first kappa shape index (κ1) is 16.6. The molecule has 3 aromatic rings. The molecule has 116 valence electrons. The summed E-state index contributed by atoms with van der Waals surface area (Å²) in [5.74, 6) is 0. The number of hydrogen-bond donors (Lipinski definition) is 0. The first-order valence-electron chi connectivity index (χ1n) is 7.97. The highest BCUT2D eigenvalue weighted by Crippen LogP contribution is 2.31. The molecule has 0 aliphatic rings. The summed E-state index contributed by atoms with van der Waals surface area (Å²) < 4.78 is 2.24. The number of fused-ring (bicyclic) bond motifs is 1. The van der Waals surface area contributed by atoms with Gasteiger partial charge >= 0.3 is 0 Å². The molecule has 3 rings (SSSR count). The second-order valence-electron chi connectivity index (χ2n) is 4.79. The molecule has 23 heavy (non-hydrogen) atoms. The molecular weight excluding hydrogens is 278 g/mol. The number of hydrogen-bond acceptors (Lipinski definition) is 0. The number of benzene rings is 2. The largest absolute Gasteiger partial charge is 0.309 e. The van der Waals surface area contributed by atoms with E-state index in [0.29, 0.717) is 0 Å². The molecule has 0 N–H and O–H groups in total. The van der Waals surface area contributed by atoms with Crippen LogP contribution in [-0.4, -0.2) is 4.57 Å². The lowest BCUT2D eigenvalue weighted by atomic mass is 10.1. The molecule has 0 saturated carbocycles. The summed E-state index contributed by atoms with van der Waals surface area (Å²) >= 11 is 0. The molecule has 0 atom stereocenters. The summed E-state index contributed by atoms with van der Waals surface area (Å²) in [6.07, 6.45) is 7.76. The van der Waals surface area contributed by atoms with Gasteiger partial charge in [-0.2, -0.15) is 0 Å². The zero-order chi connectivity index (χ0) is 16.7. The van der Waals surface area contributed by atoms with Gasteiger partial charge in [0.15, 0.2) is 0 Å². The minimum absolute atomic E-state index is 1.10. The Kier molecular flexibility index (Phi) is 5.76. The van der Waals surface area contributed by atoms with E-state index in [-0.39, 0.29) is 0 Å². The van der Waals surface area contributed by atoms with Gasteiger partial charge in [0.25, 0.3) is 0 Å². The minimum atomic E-state index is 1.10. The Labute approximate surface area is 138 Å². The Balaban J connectivity index is 0.000000924. The zero-order valence-electron chi connectivity index (χ0n) is 13.9. The maximum absolute atomic E-state index is 4.00. The first-order chi connectivity index (χ1) is 11.4. The van der Waals surface area contributed by atoms with Crippen molar-refractivity contribution in [3.8, 4) is 5.69 Å². The van der Waals surface area contributed by atoms with Crippen LogP contribution < -0.4 is 0 Å². The second kappa shape index (κ2) is 8.00. The van der Waals surface area contributed by atoms with Gasteiger partial charge in [0, 0.05) is 16.6 Å². The summed E-state index contributed by atoms with van der Waals surface area (Å²) in [5, 5.41) is 1.22. The lowest BCUT2D eigenvalue weighted by Crippen LogP contribution is -1.96. The van der Waals surface area contributed by atoms with Gasteiger partial charge in [0.1, 0.15) is 0 Å². The van der Waals surface area contributed by atoms with Crippen LogP contribution in [0.1, 0.15) is 25.1 Å². The number of nitrogens with zero attached hydrogens (tertiary/aromatic N) is 1. The van der Waals surface area contributed by atoms with E-state index in [1.165, 1.54) is 16.5 Å². The maximum atomic E-state index is 4.00. The van der Waals surface area contributed by atoms with Crippen LogP contribution in [0.25, 0.3) is 28.7 Å². The van der Waals surface area contributed by atoms with Crippen molar-refractivity contribution in [1.29, 1.82) is 0 Å². The van der Waals surface area contributed by atoms with Gasteiger partial charge in [0.05, 0.1) is 11.2 Å². The van der Waals surface area contributed by atoms with Crippen molar-refractivity contribution in [2.75, 3.05) is 0 Å². The Hall–Kier alpha value is -2.80. The highest BCUT2D eigenvalue weighted by molar-refractivity contribution is 5.95. The maximum Gasteiger partial charge on any atom is 0.0541 e. The van der Waals surface area contributed by atoms with Crippen molar-refractivity contribution in [3.05, 3.63) is 91.2 Å². The number of rotatable bonds is 4. The smallest absolute Gasteiger partial charge is 0.0541 e. The van der Waals surface area contributed by atoms with Crippen molar-refractivity contribution in [3.63, 3.8) is 0 Å². The van der Waals surface area contributed by atoms with E-state index in [4.69, 9.17) is 0 Å². The van der Waals surface area contributed by atoms with Crippen LogP contribution in [0.15, 0.2) is 79.9 Å². The molecule has 1 nitrogen and oxygen atoms in total. The van der Waals surface area contributed by atoms with Crippen LogP contribution in [0.5, 0.6) is 0 Å². The fourth-order valence-corrected chi connectivity index (χ4v) is 2.68. The van der Waals surface area contributed by atoms with Crippen molar-refractivity contribution >= 4 is 23.1 Å². The summed E-state index contributed by atoms with van der Waals surface area (Å²) in [6, 6.07) is 18.8. The summed E-state index contributed by atoms with van der Waals surface area (Å²) in [7, 11) is 0. The van der Waals surface area contributed by atoms with E-state index in [1.54, 1.807) is 6.08 Å². The average Bonchev–Trinajstić information content (AvgIpc) is 2.96. The van der Waals surface area contributed by atoms with Gasteiger partial charge in [-0.05, 0) is 24.3 Å². The number of aromatic nitrogens is 1. The van der Waals surface area contributed by atoms with Crippen LogP contribution >= 0.6 is 0 Å². The summed E-state index contributed by atoms with van der Waals surface area (Å²) in [4.78, 5) is 0. The van der Waals surface area contributed by atoms with Gasteiger partial charge in [-0.1, -0.05) is 81.6 Å². The minimum Gasteiger partial charge on any atom is -0.309 e. The van der Waals surface area contributed by atoms with Gasteiger partial charge in [-0.15, -0.1) is 0 Å². The van der Waals surface area contributed by atoms with Gasteiger partial charge in [-0.25, -0.2) is 0 Å². The van der Waals surface area contributed by atoms with E-state index in [0.717, 1.165) is 11.4 Å². The molecule has 2 aromatic carbocycles. The quantitative estimate of drug-likeness (QED) is 0.485. The summed E-state index contributed by atoms with van der Waals surface area (Å²) in [6.45, 7) is 11.8. The predicted octanol–water partition coefficient (Wildman–Crippen LogP) is 6.50. The molecule has 0 radical (unpaired) electrons. The molecule has 1 heterocycles. The molecule has 0 aliphatic carbocycles. The lowest BCUT2D eigenvalue weighted by Gasteiger charge is -2.08. The monoisotopic (exact) mass is 301 g/mol. The molecule has 0 unspecified atom stereocenters. The molecule has 1 aromatic heterocycles. The SMILES string of the molecule is C=C/C=C\c1c(C=C)n(-c2ccccc2)c2ccccc12.CC. The number of allylic oxidation sites excluding steroid dienone is 2. The topological polar surface area (TPSA) is 4.93 Å². The van der Waals surface area contributed by atoms with Crippen LogP contribution in [0.3, 0.4) is 0 Å².